The van der Waals surface area contributed by atoms with Gasteiger partial charge in [0.2, 0.25) is 0 Å². The standard InChI is InChI=1S/C23H19ClN6OS/c24-15-3-1-4-16(8-15)30-18-5-2-6-19(31)22(18)21(17(9-25)23(30)26)20-7-14(11-32-20)10-29-13-27-12-28-29/h1,3-4,7-8,11-13,21H,2,5-6,10,26H2. The topological polar surface area (TPSA) is 101 Å². The highest BCUT2D eigenvalue weighted by atomic mass is 35.5. The summed E-state index contributed by atoms with van der Waals surface area (Å²) in [7, 11) is 0. The molecule has 0 bridgehead atoms. The predicted molar refractivity (Wildman–Crippen MR) is 123 cm³/mol. The van der Waals surface area contributed by atoms with Crippen molar-refractivity contribution < 1.29 is 4.79 Å². The summed E-state index contributed by atoms with van der Waals surface area (Å²) in [4.78, 5) is 19.9. The van der Waals surface area contributed by atoms with Gasteiger partial charge in [-0.2, -0.15) is 10.4 Å². The Balaban J connectivity index is 1.63. The number of halogens is 1. The second kappa shape index (κ2) is 8.26. The minimum absolute atomic E-state index is 0.0646. The Labute approximate surface area is 194 Å². The van der Waals surface area contributed by atoms with Crippen LogP contribution >= 0.6 is 22.9 Å². The quantitative estimate of drug-likeness (QED) is 0.618. The maximum absolute atomic E-state index is 13.2. The molecular weight excluding hydrogens is 444 g/mol. The molecule has 3 heterocycles. The molecule has 1 atom stereocenters. The summed E-state index contributed by atoms with van der Waals surface area (Å²) in [5, 5.41) is 16.9. The molecule has 1 aliphatic heterocycles. The minimum Gasteiger partial charge on any atom is -0.384 e. The van der Waals surface area contributed by atoms with Crippen molar-refractivity contribution in [3.8, 4) is 6.07 Å². The first-order valence-corrected chi connectivity index (χ1v) is 11.4. The molecule has 0 fully saturated rings. The van der Waals surface area contributed by atoms with Crippen molar-refractivity contribution in [2.45, 2.75) is 31.7 Å². The summed E-state index contributed by atoms with van der Waals surface area (Å²) in [6.45, 7) is 0.568. The Hall–Kier alpha value is -3.41. The van der Waals surface area contributed by atoms with E-state index in [1.54, 1.807) is 23.1 Å². The van der Waals surface area contributed by atoms with E-state index in [9.17, 15) is 10.1 Å². The van der Waals surface area contributed by atoms with Gasteiger partial charge in [0.1, 0.15) is 18.5 Å². The maximum atomic E-state index is 13.2. The Morgan fingerprint density at radius 3 is 2.94 bits per heavy atom. The number of Topliss-reactive ketones (excluding diaryl/α,β-unsaturated/α-hetero) is 1. The normalized spacial score (nSPS) is 18.7. The molecule has 0 radical (unpaired) electrons. The second-order valence-corrected chi connectivity index (χ2v) is 9.13. The highest BCUT2D eigenvalue weighted by Gasteiger charge is 2.40. The molecule has 3 aromatic rings. The average molecular weight is 463 g/mol. The lowest BCUT2D eigenvalue weighted by Crippen LogP contribution is -2.38. The highest BCUT2D eigenvalue weighted by molar-refractivity contribution is 7.10. The zero-order valence-electron chi connectivity index (χ0n) is 17.0. The van der Waals surface area contributed by atoms with Crippen molar-refractivity contribution in [2.24, 2.45) is 5.73 Å². The van der Waals surface area contributed by atoms with Crippen molar-refractivity contribution in [3.63, 3.8) is 0 Å². The van der Waals surface area contributed by atoms with Crippen molar-refractivity contribution in [2.75, 3.05) is 4.90 Å². The summed E-state index contributed by atoms with van der Waals surface area (Å²) >= 11 is 7.76. The number of anilines is 1. The van der Waals surface area contributed by atoms with Gasteiger partial charge in [-0.05, 0) is 48.1 Å². The average Bonchev–Trinajstić information content (AvgIpc) is 3.46. The molecular formula is C23H19ClN6OS. The van der Waals surface area contributed by atoms with Gasteiger partial charge in [0, 0.05) is 33.3 Å². The van der Waals surface area contributed by atoms with Gasteiger partial charge in [-0.15, -0.1) is 11.3 Å². The first kappa shape index (κ1) is 20.5. The summed E-state index contributed by atoms with van der Waals surface area (Å²) in [5.74, 6) is -0.0538. The summed E-state index contributed by atoms with van der Waals surface area (Å²) in [5.41, 5.74) is 10.3. The molecule has 0 amide bonds. The smallest absolute Gasteiger partial charge is 0.161 e. The molecule has 9 heteroatoms. The number of hydrogen-bond acceptors (Lipinski definition) is 7. The minimum atomic E-state index is -0.465. The van der Waals surface area contributed by atoms with E-state index in [-0.39, 0.29) is 5.78 Å². The van der Waals surface area contributed by atoms with Gasteiger partial charge in [-0.3, -0.25) is 9.69 Å². The van der Waals surface area contributed by atoms with E-state index in [1.165, 1.54) is 17.7 Å². The summed E-state index contributed by atoms with van der Waals surface area (Å²) in [6, 6.07) is 11.6. The number of rotatable bonds is 4. The van der Waals surface area contributed by atoms with Crippen molar-refractivity contribution in [3.05, 3.63) is 86.5 Å². The van der Waals surface area contributed by atoms with Gasteiger partial charge < -0.3 is 5.73 Å². The van der Waals surface area contributed by atoms with E-state index >= 15 is 0 Å². The largest absolute Gasteiger partial charge is 0.384 e. The van der Waals surface area contributed by atoms with Crippen LogP contribution in [-0.2, 0) is 11.3 Å². The number of carbonyl (C=O) groups excluding carboxylic acids is 1. The summed E-state index contributed by atoms with van der Waals surface area (Å²) < 4.78 is 1.74. The zero-order chi connectivity index (χ0) is 22.2. The van der Waals surface area contributed by atoms with Gasteiger partial charge in [-0.1, -0.05) is 17.7 Å². The van der Waals surface area contributed by atoms with Crippen LogP contribution < -0.4 is 10.6 Å². The lowest BCUT2D eigenvalue weighted by atomic mass is 9.78. The molecule has 0 saturated heterocycles. The number of nitriles is 1. The number of nitrogens with zero attached hydrogens (tertiary/aromatic N) is 5. The third-order valence-electron chi connectivity index (χ3n) is 5.75. The van der Waals surface area contributed by atoms with Crippen LogP contribution in [0.15, 0.2) is 71.0 Å². The van der Waals surface area contributed by atoms with Gasteiger partial charge in [0.25, 0.3) is 0 Å². The van der Waals surface area contributed by atoms with E-state index in [1.807, 2.05) is 28.5 Å². The van der Waals surface area contributed by atoms with Crippen LogP contribution in [0.3, 0.4) is 0 Å². The first-order valence-electron chi connectivity index (χ1n) is 10.2. The van der Waals surface area contributed by atoms with Gasteiger partial charge >= 0.3 is 0 Å². The van der Waals surface area contributed by atoms with Crippen molar-refractivity contribution >= 4 is 34.4 Å². The number of aromatic nitrogens is 3. The fourth-order valence-electron chi connectivity index (χ4n) is 4.41. The Bertz CT molecular complexity index is 1300. The van der Waals surface area contributed by atoms with Crippen LogP contribution in [0, 0.1) is 11.3 Å². The van der Waals surface area contributed by atoms with Gasteiger partial charge in [0.15, 0.2) is 5.78 Å². The molecule has 1 aliphatic carbocycles. The van der Waals surface area contributed by atoms with Crippen LogP contribution in [0.2, 0.25) is 5.02 Å². The molecule has 1 aromatic carbocycles. The molecule has 2 N–H and O–H groups in total. The van der Waals surface area contributed by atoms with Crippen LogP contribution in [0.5, 0.6) is 0 Å². The Morgan fingerprint density at radius 1 is 1.31 bits per heavy atom. The van der Waals surface area contributed by atoms with E-state index in [4.69, 9.17) is 17.3 Å². The number of allylic oxidation sites excluding steroid dienone is 3. The first-order chi connectivity index (χ1) is 15.6. The van der Waals surface area contributed by atoms with Crippen molar-refractivity contribution in [1.82, 2.24) is 14.8 Å². The van der Waals surface area contributed by atoms with Crippen LogP contribution in [-0.4, -0.2) is 20.5 Å². The number of hydrogen-bond donors (Lipinski definition) is 1. The van der Waals surface area contributed by atoms with E-state index in [2.05, 4.69) is 16.2 Å². The molecule has 7 nitrogen and oxygen atoms in total. The SMILES string of the molecule is N#CC1=C(N)N(c2cccc(Cl)c2)C2=C(C(=O)CCC2)C1c1cc(Cn2cncn2)cs1. The molecule has 5 rings (SSSR count). The van der Waals surface area contributed by atoms with E-state index < -0.39 is 5.92 Å². The molecule has 160 valence electrons. The molecule has 0 saturated carbocycles. The molecule has 2 aliphatic rings. The third-order valence-corrected chi connectivity index (χ3v) is 7.03. The van der Waals surface area contributed by atoms with E-state index in [0.29, 0.717) is 41.4 Å². The van der Waals surface area contributed by atoms with E-state index in [0.717, 1.165) is 28.2 Å². The number of nitrogens with two attached hydrogens (primary N) is 1. The fraction of sp³-hybridized carbons (Fsp3) is 0.217. The predicted octanol–water partition coefficient (Wildman–Crippen LogP) is 4.35. The molecule has 1 unspecified atom stereocenters. The lowest BCUT2D eigenvalue weighted by Gasteiger charge is -2.39. The molecule has 0 spiro atoms. The second-order valence-electron chi connectivity index (χ2n) is 7.75. The zero-order valence-corrected chi connectivity index (χ0v) is 18.6. The van der Waals surface area contributed by atoms with Gasteiger partial charge in [0.05, 0.1) is 24.1 Å². The number of ketones is 1. The van der Waals surface area contributed by atoms with Gasteiger partial charge in [-0.25, -0.2) is 9.67 Å². The number of carbonyl (C=O) groups is 1. The Morgan fingerprint density at radius 2 is 2.19 bits per heavy atom. The monoisotopic (exact) mass is 462 g/mol. The van der Waals surface area contributed by atoms with Crippen LogP contribution in [0.1, 0.15) is 35.6 Å². The number of thiophene rings is 1. The van der Waals surface area contributed by atoms with Crippen LogP contribution in [0.25, 0.3) is 0 Å². The third kappa shape index (κ3) is 3.49. The molecule has 2 aromatic heterocycles. The van der Waals surface area contributed by atoms with Crippen molar-refractivity contribution in [1.29, 1.82) is 5.26 Å². The highest BCUT2D eigenvalue weighted by Crippen LogP contribution is 2.47. The maximum Gasteiger partial charge on any atom is 0.161 e. The fourth-order valence-corrected chi connectivity index (χ4v) is 5.62. The molecule has 32 heavy (non-hydrogen) atoms. The Kier molecular flexibility index (Phi) is 5.29. The summed E-state index contributed by atoms with van der Waals surface area (Å²) in [6.07, 6.45) is 5.08. The number of benzene rings is 1. The van der Waals surface area contributed by atoms with Crippen LogP contribution in [0.4, 0.5) is 5.69 Å². The lowest BCUT2D eigenvalue weighted by molar-refractivity contribution is -0.116.